The zero-order valence-corrected chi connectivity index (χ0v) is 13.0. The minimum Gasteiger partial charge on any atom is -0.473 e. The van der Waals surface area contributed by atoms with Gasteiger partial charge in [0.2, 0.25) is 5.88 Å². The van der Waals surface area contributed by atoms with E-state index >= 15 is 0 Å². The van der Waals surface area contributed by atoms with Crippen molar-refractivity contribution in [2.45, 2.75) is 6.61 Å². The molecule has 0 saturated carbocycles. The molecule has 0 radical (unpaired) electrons. The lowest BCUT2D eigenvalue weighted by Gasteiger charge is -2.07. The minimum atomic E-state index is 0.444. The predicted molar refractivity (Wildman–Crippen MR) is 81.7 cm³/mol. The fourth-order valence-corrected chi connectivity index (χ4v) is 2.33. The lowest BCUT2D eigenvalue weighted by atomic mass is 10.2. The molecule has 0 aliphatic carbocycles. The number of benzene rings is 1. The molecule has 0 bridgehead atoms. The monoisotopic (exact) mass is 414 g/mol. The van der Waals surface area contributed by atoms with Crippen molar-refractivity contribution in [3.63, 3.8) is 0 Å². The quantitative estimate of drug-likeness (QED) is 0.417. The molecule has 0 aliphatic heterocycles. The smallest absolute Gasteiger partial charge is 0.214 e. The van der Waals surface area contributed by atoms with E-state index in [1.165, 1.54) is 0 Å². The fourth-order valence-electron chi connectivity index (χ4n) is 1.34. The molecule has 2 aromatic rings. The summed E-state index contributed by atoms with van der Waals surface area (Å²) in [5.41, 5.74) is 1.69. The van der Waals surface area contributed by atoms with Crippen LogP contribution in [0.25, 0.3) is 4.85 Å². The maximum atomic E-state index is 6.95. The van der Waals surface area contributed by atoms with Gasteiger partial charge in [0.05, 0.1) is 6.57 Å². The molecule has 0 spiro atoms. The van der Waals surface area contributed by atoms with Gasteiger partial charge in [-0.25, -0.2) is 9.83 Å². The molecule has 2 rings (SSSR count). The highest BCUT2D eigenvalue weighted by atomic mass is 127. The second kappa shape index (κ2) is 6.16. The van der Waals surface area contributed by atoms with Crippen LogP contribution < -0.4 is 4.74 Å². The summed E-state index contributed by atoms with van der Waals surface area (Å²) in [6.07, 6.45) is 0. The van der Waals surface area contributed by atoms with Gasteiger partial charge in [-0.1, -0.05) is 18.2 Å². The molecule has 5 heteroatoms. The molecule has 1 aromatic heterocycles. The van der Waals surface area contributed by atoms with Crippen molar-refractivity contribution in [3.05, 3.63) is 61.6 Å². The summed E-state index contributed by atoms with van der Waals surface area (Å²) in [6, 6.07) is 11.1. The summed E-state index contributed by atoms with van der Waals surface area (Å²) in [6.45, 7) is 7.39. The summed E-state index contributed by atoms with van der Waals surface area (Å²) in [5, 5.41) is 0. The minimum absolute atomic E-state index is 0.444. The molecule has 1 heterocycles. The Morgan fingerprint density at radius 3 is 2.83 bits per heavy atom. The van der Waals surface area contributed by atoms with Crippen molar-refractivity contribution >= 4 is 44.2 Å². The van der Waals surface area contributed by atoms with E-state index in [4.69, 9.17) is 11.3 Å². The zero-order chi connectivity index (χ0) is 13.0. The Hall–Kier alpha value is -1.13. The van der Waals surface area contributed by atoms with Crippen LogP contribution in [0.5, 0.6) is 5.88 Å². The average molecular weight is 415 g/mol. The van der Waals surface area contributed by atoms with E-state index in [9.17, 15) is 0 Å². The Labute approximate surface area is 127 Å². The molecule has 3 nitrogen and oxygen atoms in total. The third kappa shape index (κ3) is 3.43. The molecule has 0 unspecified atom stereocenters. The van der Waals surface area contributed by atoms with Gasteiger partial charge in [0, 0.05) is 15.2 Å². The maximum Gasteiger partial charge on any atom is 0.214 e. The molecule has 0 aliphatic rings. The largest absolute Gasteiger partial charge is 0.473 e. The highest BCUT2D eigenvalue weighted by molar-refractivity contribution is 14.1. The number of nitrogens with zero attached hydrogens (tertiary/aromatic N) is 2. The van der Waals surface area contributed by atoms with Gasteiger partial charge >= 0.3 is 0 Å². The van der Waals surface area contributed by atoms with E-state index in [1.807, 2.05) is 30.3 Å². The number of halogens is 2. The molecule has 90 valence electrons. The summed E-state index contributed by atoms with van der Waals surface area (Å²) in [4.78, 5) is 7.58. The van der Waals surface area contributed by atoms with Crippen LogP contribution in [0.15, 0.2) is 41.0 Å². The van der Waals surface area contributed by atoms with Crippen LogP contribution in [0, 0.1) is 10.1 Å². The van der Waals surface area contributed by atoms with Gasteiger partial charge < -0.3 is 4.74 Å². The predicted octanol–water partition coefficient (Wildman–Crippen LogP) is 4.58. The lowest BCUT2D eigenvalue weighted by molar-refractivity contribution is 0.292. The first-order valence-electron chi connectivity index (χ1n) is 5.10. The molecule has 0 fully saturated rings. The molecule has 0 amide bonds. The van der Waals surface area contributed by atoms with Crippen LogP contribution in [-0.2, 0) is 6.61 Å². The number of pyridine rings is 1. The standard InChI is InChI=1S/C13H8BrIN2O/c1-16-10-6-5-9(11(15)7-10)8-18-13-4-2-3-12(14)17-13/h2-7H,8H2. The third-order valence-electron chi connectivity index (χ3n) is 2.23. The van der Waals surface area contributed by atoms with Gasteiger partial charge in [0.15, 0.2) is 5.69 Å². The summed E-state index contributed by atoms with van der Waals surface area (Å²) >= 11 is 5.50. The first-order chi connectivity index (χ1) is 8.69. The Balaban J connectivity index is 2.09. The summed E-state index contributed by atoms with van der Waals surface area (Å²) in [7, 11) is 0. The third-order valence-corrected chi connectivity index (χ3v) is 3.68. The molecule has 1 aromatic carbocycles. The van der Waals surface area contributed by atoms with Crippen molar-refractivity contribution in [2.24, 2.45) is 0 Å². The molecular formula is C13H8BrIN2O. The Morgan fingerprint density at radius 1 is 1.33 bits per heavy atom. The van der Waals surface area contributed by atoms with Crippen molar-refractivity contribution in [1.82, 2.24) is 4.98 Å². The topological polar surface area (TPSA) is 26.5 Å². The lowest BCUT2D eigenvalue weighted by Crippen LogP contribution is -1.99. The molecule has 0 atom stereocenters. The maximum absolute atomic E-state index is 6.95. The number of aromatic nitrogens is 1. The van der Waals surface area contributed by atoms with Crippen LogP contribution in [0.2, 0.25) is 0 Å². The first-order valence-corrected chi connectivity index (χ1v) is 6.97. The van der Waals surface area contributed by atoms with Crippen LogP contribution >= 0.6 is 38.5 Å². The zero-order valence-electron chi connectivity index (χ0n) is 9.23. The van der Waals surface area contributed by atoms with Gasteiger partial charge in [-0.15, -0.1) is 0 Å². The van der Waals surface area contributed by atoms with Gasteiger partial charge in [-0.2, -0.15) is 0 Å². The van der Waals surface area contributed by atoms with E-state index < -0.39 is 0 Å². The normalized spacial score (nSPS) is 9.83. The number of rotatable bonds is 3. The number of ether oxygens (including phenoxy) is 1. The average Bonchev–Trinajstić information content (AvgIpc) is 2.37. The van der Waals surface area contributed by atoms with Crippen LogP contribution in [0.4, 0.5) is 5.69 Å². The summed E-state index contributed by atoms with van der Waals surface area (Å²) < 4.78 is 7.38. The van der Waals surface area contributed by atoms with E-state index in [0.717, 1.165) is 13.7 Å². The highest BCUT2D eigenvalue weighted by Crippen LogP contribution is 2.21. The Bertz CT molecular complexity index is 610. The molecule has 18 heavy (non-hydrogen) atoms. The second-order valence-electron chi connectivity index (χ2n) is 3.47. The van der Waals surface area contributed by atoms with Gasteiger partial charge in [0.25, 0.3) is 0 Å². The second-order valence-corrected chi connectivity index (χ2v) is 5.45. The van der Waals surface area contributed by atoms with E-state index in [1.54, 1.807) is 6.07 Å². The van der Waals surface area contributed by atoms with Crippen LogP contribution in [0.3, 0.4) is 0 Å². The Kier molecular flexibility index (Phi) is 4.55. The molecule has 0 saturated heterocycles. The SMILES string of the molecule is [C-]#[N+]c1ccc(COc2cccc(Br)n2)c(I)c1. The highest BCUT2D eigenvalue weighted by Gasteiger charge is 2.03. The van der Waals surface area contributed by atoms with E-state index in [0.29, 0.717) is 18.2 Å². The number of hydrogen-bond acceptors (Lipinski definition) is 2. The van der Waals surface area contributed by atoms with Crippen molar-refractivity contribution in [3.8, 4) is 5.88 Å². The number of hydrogen-bond donors (Lipinski definition) is 0. The van der Waals surface area contributed by atoms with Crippen LogP contribution in [0.1, 0.15) is 5.56 Å². The summed E-state index contributed by atoms with van der Waals surface area (Å²) in [5.74, 6) is 0.578. The van der Waals surface area contributed by atoms with E-state index in [-0.39, 0.29) is 0 Å². The van der Waals surface area contributed by atoms with Crippen molar-refractivity contribution in [1.29, 1.82) is 0 Å². The fraction of sp³-hybridized carbons (Fsp3) is 0.0769. The molecule has 0 N–H and O–H groups in total. The van der Waals surface area contributed by atoms with E-state index in [2.05, 4.69) is 48.3 Å². The van der Waals surface area contributed by atoms with Gasteiger partial charge in [-0.3, -0.25) is 0 Å². The first kappa shape index (κ1) is 13.3. The van der Waals surface area contributed by atoms with Crippen molar-refractivity contribution in [2.75, 3.05) is 0 Å². The van der Waals surface area contributed by atoms with Gasteiger partial charge in [0.1, 0.15) is 11.2 Å². The van der Waals surface area contributed by atoms with Crippen LogP contribution in [-0.4, -0.2) is 4.98 Å². The molecular weight excluding hydrogens is 407 g/mol. The van der Waals surface area contributed by atoms with Gasteiger partial charge in [-0.05, 0) is 50.7 Å². The van der Waals surface area contributed by atoms with Crippen molar-refractivity contribution < 1.29 is 4.74 Å². The Morgan fingerprint density at radius 2 is 2.17 bits per heavy atom.